The minimum Gasteiger partial charge on any atom is -0.497 e. The minimum absolute atomic E-state index is 0.162. The van der Waals surface area contributed by atoms with E-state index in [1.807, 2.05) is 24.3 Å². The smallest absolute Gasteiger partial charge is 0.175 e. The molecule has 0 amide bonds. The van der Waals surface area contributed by atoms with Gasteiger partial charge in [0.25, 0.3) is 0 Å². The van der Waals surface area contributed by atoms with E-state index in [9.17, 15) is 9.18 Å². The Balaban J connectivity index is 1.86. The molecule has 0 fully saturated rings. The first-order valence-electron chi connectivity index (χ1n) is 6.19. The van der Waals surface area contributed by atoms with E-state index >= 15 is 0 Å². The van der Waals surface area contributed by atoms with Crippen LogP contribution in [0.1, 0.15) is 15.9 Å². The second-order valence-corrected chi connectivity index (χ2v) is 5.23. The van der Waals surface area contributed by atoms with E-state index in [-0.39, 0.29) is 17.1 Å². The number of rotatable bonds is 6. The lowest BCUT2D eigenvalue weighted by molar-refractivity contribution is 0.101. The number of methoxy groups -OCH3 is 1. The molecule has 0 radical (unpaired) electrons. The summed E-state index contributed by atoms with van der Waals surface area (Å²) >= 11 is 1.47. The number of hydrogen-bond acceptors (Lipinski definition) is 3. The van der Waals surface area contributed by atoms with E-state index in [0.717, 1.165) is 11.3 Å². The number of carbonyl (C=O) groups is 1. The summed E-state index contributed by atoms with van der Waals surface area (Å²) in [5.41, 5.74) is 1.27. The number of benzene rings is 2. The van der Waals surface area contributed by atoms with Crippen LogP contribution in [0.2, 0.25) is 0 Å². The van der Waals surface area contributed by atoms with E-state index in [1.165, 1.54) is 23.9 Å². The molecule has 2 aromatic rings. The third-order valence-electron chi connectivity index (χ3n) is 2.84. The van der Waals surface area contributed by atoms with Gasteiger partial charge >= 0.3 is 0 Å². The highest BCUT2D eigenvalue weighted by Crippen LogP contribution is 2.18. The van der Waals surface area contributed by atoms with Crippen molar-refractivity contribution in [3.05, 3.63) is 65.5 Å². The number of Topliss-reactive ketones (excluding diaryl/α,β-unsaturated/α-hetero) is 1. The van der Waals surface area contributed by atoms with Crippen LogP contribution < -0.4 is 4.74 Å². The van der Waals surface area contributed by atoms with Gasteiger partial charge in [-0.1, -0.05) is 24.3 Å². The molecule has 0 saturated carbocycles. The van der Waals surface area contributed by atoms with Gasteiger partial charge in [0.2, 0.25) is 0 Å². The lowest BCUT2D eigenvalue weighted by atomic mass is 10.1. The molecule has 0 saturated heterocycles. The molecule has 0 atom stereocenters. The third-order valence-corrected chi connectivity index (χ3v) is 3.84. The van der Waals surface area contributed by atoms with E-state index in [2.05, 4.69) is 0 Å². The zero-order valence-electron chi connectivity index (χ0n) is 11.1. The lowest BCUT2D eigenvalue weighted by Crippen LogP contribution is -2.05. The van der Waals surface area contributed by atoms with Crippen LogP contribution in [-0.2, 0) is 5.75 Å². The Kier molecular flexibility index (Phi) is 5.18. The molecule has 2 aromatic carbocycles. The van der Waals surface area contributed by atoms with Crippen molar-refractivity contribution in [3.63, 3.8) is 0 Å². The van der Waals surface area contributed by atoms with Gasteiger partial charge in [0.1, 0.15) is 11.6 Å². The van der Waals surface area contributed by atoms with Gasteiger partial charge in [-0.3, -0.25) is 4.79 Å². The number of halogens is 1. The van der Waals surface area contributed by atoms with Crippen LogP contribution >= 0.6 is 11.8 Å². The summed E-state index contributed by atoms with van der Waals surface area (Å²) in [6.07, 6.45) is 0. The molecule has 104 valence electrons. The highest BCUT2D eigenvalue weighted by Gasteiger charge is 2.10. The van der Waals surface area contributed by atoms with Crippen molar-refractivity contribution in [1.82, 2.24) is 0 Å². The summed E-state index contributed by atoms with van der Waals surface area (Å²) in [6, 6.07) is 13.8. The Morgan fingerprint density at radius 2 is 1.85 bits per heavy atom. The average Bonchev–Trinajstić information content (AvgIpc) is 2.48. The second-order valence-electron chi connectivity index (χ2n) is 4.24. The van der Waals surface area contributed by atoms with Crippen LogP contribution in [0.15, 0.2) is 48.5 Å². The first kappa shape index (κ1) is 14.6. The number of ether oxygens (including phenoxy) is 1. The number of ketones is 1. The standard InChI is InChI=1S/C16H15FO2S/c1-19-13-8-6-12(7-9-13)10-20-11-16(18)14-4-2-3-5-15(14)17/h2-9H,10-11H2,1H3. The molecule has 0 unspecified atom stereocenters. The molecule has 0 spiro atoms. The van der Waals surface area contributed by atoms with Gasteiger partial charge in [-0.2, -0.15) is 0 Å². The van der Waals surface area contributed by atoms with Crippen LogP contribution in [0.4, 0.5) is 4.39 Å². The minimum atomic E-state index is -0.456. The average molecular weight is 290 g/mol. The maximum atomic E-state index is 13.4. The van der Waals surface area contributed by atoms with E-state index in [1.54, 1.807) is 19.2 Å². The zero-order chi connectivity index (χ0) is 14.4. The van der Waals surface area contributed by atoms with Crippen LogP contribution in [0.25, 0.3) is 0 Å². The molecule has 0 heterocycles. The summed E-state index contributed by atoms with van der Waals surface area (Å²) in [5, 5.41) is 0. The normalized spacial score (nSPS) is 10.3. The fraction of sp³-hybridized carbons (Fsp3) is 0.188. The van der Waals surface area contributed by atoms with Crippen LogP contribution in [0.5, 0.6) is 5.75 Å². The number of thioether (sulfide) groups is 1. The Morgan fingerprint density at radius 1 is 1.15 bits per heavy atom. The van der Waals surface area contributed by atoms with Crippen molar-refractivity contribution < 1.29 is 13.9 Å². The van der Waals surface area contributed by atoms with Gasteiger partial charge in [-0.15, -0.1) is 11.8 Å². The number of hydrogen-bond donors (Lipinski definition) is 0. The quantitative estimate of drug-likeness (QED) is 0.754. The maximum Gasteiger partial charge on any atom is 0.175 e. The molecule has 2 nitrogen and oxygen atoms in total. The summed E-state index contributed by atoms with van der Waals surface area (Å²) < 4.78 is 18.5. The Labute approximate surface area is 122 Å². The fourth-order valence-electron chi connectivity index (χ4n) is 1.75. The van der Waals surface area contributed by atoms with Crippen molar-refractivity contribution in [3.8, 4) is 5.75 Å². The molecule has 0 N–H and O–H groups in total. The molecule has 2 rings (SSSR count). The zero-order valence-corrected chi connectivity index (χ0v) is 12.0. The first-order chi connectivity index (χ1) is 9.70. The molecule has 20 heavy (non-hydrogen) atoms. The predicted molar refractivity (Wildman–Crippen MR) is 79.9 cm³/mol. The van der Waals surface area contributed by atoms with E-state index in [4.69, 9.17) is 4.74 Å². The monoisotopic (exact) mass is 290 g/mol. The SMILES string of the molecule is COc1ccc(CSCC(=O)c2ccccc2F)cc1. The van der Waals surface area contributed by atoms with Crippen molar-refractivity contribution in [1.29, 1.82) is 0 Å². The van der Waals surface area contributed by atoms with Crippen LogP contribution in [0.3, 0.4) is 0 Å². The van der Waals surface area contributed by atoms with E-state index < -0.39 is 5.82 Å². The third kappa shape index (κ3) is 3.84. The Morgan fingerprint density at radius 3 is 2.50 bits per heavy atom. The van der Waals surface area contributed by atoms with Crippen molar-refractivity contribution in [2.24, 2.45) is 0 Å². The highest BCUT2D eigenvalue weighted by atomic mass is 32.2. The van der Waals surface area contributed by atoms with Crippen molar-refractivity contribution in [2.75, 3.05) is 12.9 Å². The molecule has 0 bridgehead atoms. The summed E-state index contributed by atoms with van der Waals surface area (Å²) in [4.78, 5) is 11.9. The molecule has 4 heteroatoms. The molecule has 0 aliphatic heterocycles. The molecule has 0 aliphatic carbocycles. The van der Waals surface area contributed by atoms with Gasteiger partial charge in [-0.25, -0.2) is 4.39 Å². The van der Waals surface area contributed by atoms with Gasteiger partial charge in [0.15, 0.2) is 5.78 Å². The lowest BCUT2D eigenvalue weighted by Gasteiger charge is -2.04. The van der Waals surface area contributed by atoms with Gasteiger partial charge in [0, 0.05) is 5.75 Å². The van der Waals surface area contributed by atoms with Gasteiger partial charge in [-0.05, 0) is 29.8 Å². The number of carbonyl (C=O) groups excluding carboxylic acids is 1. The fourth-order valence-corrected chi connectivity index (χ4v) is 2.62. The molecular weight excluding hydrogens is 275 g/mol. The summed E-state index contributed by atoms with van der Waals surface area (Å²) in [6.45, 7) is 0. The van der Waals surface area contributed by atoms with Crippen molar-refractivity contribution >= 4 is 17.5 Å². The molecule has 0 aliphatic rings. The second kappa shape index (κ2) is 7.10. The van der Waals surface area contributed by atoms with Crippen LogP contribution in [0, 0.1) is 5.82 Å². The maximum absolute atomic E-state index is 13.4. The largest absolute Gasteiger partial charge is 0.497 e. The van der Waals surface area contributed by atoms with Gasteiger partial charge < -0.3 is 4.74 Å². The Bertz CT molecular complexity index is 581. The topological polar surface area (TPSA) is 26.3 Å². The van der Waals surface area contributed by atoms with Gasteiger partial charge in [0.05, 0.1) is 18.4 Å². The van der Waals surface area contributed by atoms with E-state index in [0.29, 0.717) is 5.75 Å². The molecular formula is C16H15FO2S. The molecule has 0 aromatic heterocycles. The van der Waals surface area contributed by atoms with Crippen LogP contribution in [-0.4, -0.2) is 18.6 Å². The highest BCUT2D eigenvalue weighted by molar-refractivity contribution is 7.99. The Hall–Kier alpha value is -1.81. The first-order valence-corrected chi connectivity index (χ1v) is 7.34. The summed E-state index contributed by atoms with van der Waals surface area (Å²) in [7, 11) is 1.62. The predicted octanol–water partition coefficient (Wildman–Crippen LogP) is 3.95. The summed E-state index contributed by atoms with van der Waals surface area (Å²) in [5.74, 6) is 1.15. The van der Waals surface area contributed by atoms with Crippen molar-refractivity contribution in [2.45, 2.75) is 5.75 Å².